The van der Waals surface area contributed by atoms with Crippen molar-refractivity contribution in [2.24, 2.45) is 0 Å². The van der Waals surface area contributed by atoms with Crippen LogP contribution in [-0.4, -0.2) is 33.0 Å². The van der Waals surface area contributed by atoms with E-state index in [2.05, 4.69) is 10.0 Å². The Balaban J connectivity index is 1.72. The number of hydrogen-bond acceptors (Lipinski definition) is 4. The number of carbonyl (C=O) groups excluding carboxylic acids is 1. The van der Waals surface area contributed by atoms with Crippen LogP contribution in [-0.2, 0) is 21.2 Å². The maximum Gasteiger partial charge on any atom is 0.242 e. The van der Waals surface area contributed by atoms with Gasteiger partial charge in [0.2, 0.25) is 15.9 Å². The molecule has 0 aliphatic rings. The molecule has 2 aromatic rings. The number of carbonyl (C=O) groups is 1. The van der Waals surface area contributed by atoms with Gasteiger partial charge in [-0.3, -0.25) is 4.79 Å². The molecule has 0 aromatic heterocycles. The number of ether oxygens (including phenoxy) is 1. The van der Waals surface area contributed by atoms with Crippen LogP contribution >= 0.6 is 11.6 Å². The van der Waals surface area contributed by atoms with Gasteiger partial charge in [0.15, 0.2) is 0 Å². The minimum absolute atomic E-state index is 0.00340. The molecule has 1 atom stereocenters. The maximum atomic E-state index is 12.3. The average Bonchev–Trinajstić information content (AvgIpc) is 2.67. The molecule has 0 spiro atoms. The van der Waals surface area contributed by atoms with Gasteiger partial charge in [0.25, 0.3) is 0 Å². The Hall–Kier alpha value is -2.09. The molecule has 0 aliphatic heterocycles. The molecule has 1 amide bonds. The fourth-order valence-electron chi connectivity index (χ4n) is 2.85. The molecule has 1 unspecified atom stereocenters. The largest absolute Gasteiger partial charge is 0.491 e. The predicted octanol–water partition coefficient (Wildman–Crippen LogP) is 3.93. The van der Waals surface area contributed by atoms with Crippen LogP contribution in [0.5, 0.6) is 5.75 Å². The molecular weight excluding hydrogens is 424 g/mol. The summed E-state index contributed by atoms with van der Waals surface area (Å²) in [6.45, 7) is 5.91. The Morgan fingerprint density at radius 3 is 2.37 bits per heavy atom. The molecule has 2 rings (SSSR count). The van der Waals surface area contributed by atoms with Crippen molar-refractivity contribution >= 4 is 27.5 Å². The number of hydrogen-bond donors (Lipinski definition) is 2. The van der Waals surface area contributed by atoms with E-state index in [0.717, 1.165) is 18.6 Å². The van der Waals surface area contributed by atoms with Gasteiger partial charge in [0, 0.05) is 19.0 Å². The van der Waals surface area contributed by atoms with Crippen LogP contribution in [0.25, 0.3) is 0 Å². The minimum Gasteiger partial charge on any atom is -0.491 e. The van der Waals surface area contributed by atoms with E-state index in [1.54, 1.807) is 12.1 Å². The lowest BCUT2D eigenvalue weighted by Gasteiger charge is -2.15. The van der Waals surface area contributed by atoms with Gasteiger partial charge < -0.3 is 10.1 Å². The summed E-state index contributed by atoms with van der Waals surface area (Å²) in [4.78, 5) is 12.1. The predicted molar refractivity (Wildman–Crippen MR) is 119 cm³/mol. The highest BCUT2D eigenvalue weighted by Gasteiger charge is 2.17. The Labute approximate surface area is 184 Å². The minimum atomic E-state index is -3.74. The van der Waals surface area contributed by atoms with E-state index in [0.29, 0.717) is 0 Å². The number of nitrogens with one attached hydrogen (secondary N) is 2. The third-order valence-corrected chi connectivity index (χ3v) is 6.30. The second kappa shape index (κ2) is 11.3. The summed E-state index contributed by atoms with van der Waals surface area (Å²) in [5.41, 5.74) is 1.17. The molecule has 30 heavy (non-hydrogen) atoms. The second-order valence-corrected chi connectivity index (χ2v) is 9.54. The van der Waals surface area contributed by atoms with Gasteiger partial charge in [-0.15, -0.1) is 0 Å². The molecule has 0 saturated carbocycles. The van der Waals surface area contributed by atoms with Crippen molar-refractivity contribution in [2.45, 2.75) is 57.1 Å². The Morgan fingerprint density at radius 1 is 1.07 bits per heavy atom. The van der Waals surface area contributed by atoms with Crippen LogP contribution in [0.1, 0.15) is 39.2 Å². The topological polar surface area (TPSA) is 84.5 Å². The molecular formula is C22H29ClN2O4S. The zero-order valence-corrected chi connectivity index (χ0v) is 19.1. The van der Waals surface area contributed by atoms with Gasteiger partial charge in [-0.05, 0) is 63.4 Å². The van der Waals surface area contributed by atoms with Crippen molar-refractivity contribution in [1.82, 2.24) is 10.0 Å². The van der Waals surface area contributed by atoms with Crippen LogP contribution in [0.4, 0.5) is 0 Å². The number of amides is 1. The summed E-state index contributed by atoms with van der Waals surface area (Å²) in [7, 11) is -3.74. The Morgan fingerprint density at radius 2 is 1.73 bits per heavy atom. The summed E-state index contributed by atoms with van der Waals surface area (Å²) >= 11 is 5.93. The van der Waals surface area contributed by atoms with Gasteiger partial charge in [-0.2, -0.15) is 0 Å². The Kier molecular flexibility index (Phi) is 9.14. The van der Waals surface area contributed by atoms with Crippen LogP contribution in [0.15, 0.2) is 53.4 Å². The smallest absolute Gasteiger partial charge is 0.242 e. The zero-order valence-electron chi connectivity index (χ0n) is 17.5. The van der Waals surface area contributed by atoms with E-state index in [1.807, 2.05) is 45.0 Å². The van der Waals surface area contributed by atoms with Crippen LogP contribution in [0.2, 0.25) is 5.02 Å². The third kappa shape index (κ3) is 7.97. The maximum absolute atomic E-state index is 12.3. The molecule has 164 valence electrons. The molecule has 0 heterocycles. The molecule has 2 N–H and O–H groups in total. The first kappa shape index (κ1) is 24.2. The highest BCUT2D eigenvalue weighted by atomic mass is 35.5. The van der Waals surface area contributed by atoms with Crippen molar-refractivity contribution in [3.05, 3.63) is 59.1 Å². The summed E-state index contributed by atoms with van der Waals surface area (Å²) in [5, 5.41) is 3.05. The van der Waals surface area contributed by atoms with Crippen molar-refractivity contribution in [3.63, 3.8) is 0 Å². The molecule has 6 nitrogen and oxygen atoms in total. The fraction of sp³-hybridized carbons (Fsp3) is 0.409. The summed E-state index contributed by atoms with van der Waals surface area (Å²) in [6.07, 6.45) is 1.79. The van der Waals surface area contributed by atoms with E-state index in [1.165, 1.54) is 17.7 Å². The molecule has 0 saturated heterocycles. The summed E-state index contributed by atoms with van der Waals surface area (Å²) in [6, 6.07) is 14.1. The molecule has 0 aliphatic carbocycles. The monoisotopic (exact) mass is 452 g/mol. The summed E-state index contributed by atoms with van der Waals surface area (Å²) in [5.74, 6) is 0.638. The van der Waals surface area contributed by atoms with Gasteiger partial charge >= 0.3 is 0 Å². The van der Waals surface area contributed by atoms with Gasteiger partial charge in [0.05, 0.1) is 11.1 Å². The standard InChI is InChI=1S/C22H29ClN2O4S/c1-16(2)29-19-12-10-18(11-13-19)9-8-17(3)25-22(26)14-15-24-30(27,28)21-7-5-4-6-20(21)23/h4-7,10-13,16-17,24H,8-9,14-15H2,1-3H3,(H,25,26). The lowest BCUT2D eigenvalue weighted by Crippen LogP contribution is -2.35. The molecule has 0 bridgehead atoms. The molecule has 0 radical (unpaired) electrons. The van der Waals surface area contributed by atoms with Crippen LogP contribution in [0, 0.1) is 0 Å². The fourth-order valence-corrected chi connectivity index (χ4v) is 4.40. The van der Waals surface area contributed by atoms with E-state index in [-0.39, 0.29) is 40.9 Å². The third-order valence-electron chi connectivity index (χ3n) is 4.34. The highest BCUT2D eigenvalue weighted by molar-refractivity contribution is 7.89. The van der Waals surface area contributed by atoms with E-state index >= 15 is 0 Å². The lowest BCUT2D eigenvalue weighted by molar-refractivity contribution is -0.121. The van der Waals surface area contributed by atoms with Gasteiger partial charge in [0.1, 0.15) is 10.6 Å². The van der Waals surface area contributed by atoms with Crippen molar-refractivity contribution in [1.29, 1.82) is 0 Å². The number of rotatable bonds is 11. The van der Waals surface area contributed by atoms with E-state index in [4.69, 9.17) is 16.3 Å². The lowest BCUT2D eigenvalue weighted by atomic mass is 10.1. The number of benzene rings is 2. The highest BCUT2D eigenvalue weighted by Crippen LogP contribution is 2.20. The Bertz CT molecular complexity index is 930. The van der Waals surface area contributed by atoms with E-state index < -0.39 is 10.0 Å². The number of aryl methyl sites for hydroxylation is 1. The first-order valence-corrected chi connectivity index (χ1v) is 11.8. The molecule has 2 aromatic carbocycles. The van der Waals surface area contributed by atoms with Crippen molar-refractivity contribution in [2.75, 3.05) is 6.54 Å². The van der Waals surface area contributed by atoms with Crippen LogP contribution < -0.4 is 14.8 Å². The van der Waals surface area contributed by atoms with Crippen molar-refractivity contribution < 1.29 is 17.9 Å². The quantitative estimate of drug-likeness (QED) is 0.541. The van der Waals surface area contributed by atoms with E-state index in [9.17, 15) is 13.2 Å². The average molecular weight is 453 g/mol. The van der Waals surface area contributed by atoms with Crippen LogP contribution in [0.3, 0.4) is 0 Å². The summed E-state index contributed by atoms with van der Waals surface area (Å²) < 4.78 is 32.6. The SMILES string of the molecule is CC(CCc1ccc(OC(C)C)cc1)NC(=O)CCNS(=O)(=O)c1ccccc1Cl. The normalized spacial score (nSPS) is 12.6. The van der Waals surface area contributed by atoms with Crippen molar-refractivity contribution in [3.8, 4) is 5.75 Å². The van der Waals surface area contributed by atoms with Gasteiger partial charge in [-0.25, -0.2) is 13.1 Å². The number of sulfonamides is 1. The molecule has 8 heteroatoms. The number of halogens is 1. The first-order valence-electron chi connectivity index (χ1n) is 9.96. The van der Waals surface area contributed by atoms with Gasteiger partial charge in [-0.1, -0.05) is 35.9 Å². The molecule has 0 fully saturated rings. The zero-order chi connectivity index (χ0) is 22.1. The second-order valence-electron chi connectivity index (χ2n) is 7.40. The first-order chi connectivity index (χ1) is 14.2.